The number of hydrazone groups is 1. The smallest absolute Gasteiger partial charge is 0.251 e. The zero-order chi connectivity index (χ0) is 20.6. The zero-order valence-electron chi connectivity index (χ0n) is 15.9. The Morgan fingerprint density at radius 2 is 1.83 bits per heavy atom. The van der Waals surface area contributed by atoms with Crippen LogP contribution < -0.4 is 15.5 Å². The number of hydrogen-bond donors (Lipinski definition) is 3. The monoisotopic (exact) mass is 391 g/mol. The van der Waals surface area contributed by atoms with Crippen LogP contribution in [0.4, 0.5) is 0 Å². The van der Waals surface area contributed by atoms with Crippen LogP contribution in [0.1, 0.15) is 22.3 Å². The van der Waals surface area contributed by atoms with Crippen molar-refractivity contribution in [2.45, 2.75) is 6.42 Å². The van der Waals surface area contributed by atoms with E-state index in [4.69, 9.17) is 4.74 Å². The van der Waals surface area contributed by atoms with Gasteiger partial charge in [-0.05, 0) is 41.1 Å². The van der Waals surface area contributed by atoms with Gasteiger partial charge in [-0.25, -0.2) is 5.43 Å². The highest BCUT2D eigenvalue weighted by Crippen LogP contribution is 2.25. The molecule has 29 heavy (non-hydrogen) atoms. The molecule has 0 heterocycles. The molecule has 0 aliphatic rings. The van der Waals surface area contributed by atoms with E-state index in [0.29, 0.717) is 16.9 Å². The van der Waals surface area contributed by atoms with Crippen molar-refractivity contribution < 1.29 is 19.4 Å². The van der Waals surface area contributed by atoms with Crippen LogP contribution in [0.15, 0.2) is 65.8 Å². The molecular formula is C22H21N3O4. The lowest BCUT2D eigenvalue weighted by molar-refractivity contribution is -0.120. The predicted octanol–water partition coefficient (Wildman–Crippen LogP) is 2.82. The Morgan fingerprint density at radius 3 is 2.59 bits per heavy atom. The third-order valence-electron chi connectivity index (χ3n) is 4.32. The summed E-state index contributed by atoms with van der Waals surface area (Å²) in [6, 6.07) is 17.6. The first-order valence-corrected chi connectivity index (χ1v) is 9.03. The Labute approximate surface area is 168 Å². The van der Waals surface area contributed by atoms with Gasteiger partial charge in [0.25, 0.3) is 5.91 Å². The Balaban J connectivity index is 1.50. The maximum atomic E-state index is 12.0. The van der Waals surface area contributed by atoms with Gasteiger partial charge in [-0.3, -0.25) is 9.59 Å². The molecule has 0 aliphatic carbocycles. The van der Waals surface area contributed by atoms with Gasteiger partial charge < -0.3 is 15.2 Å². The van der Waals surface area contributed by atoms with E-state index in [-0.39, 0.29) is 30.5 Å². The van der Waals surface area contributed by atoms with Crippen LogP contribution in [0.5, 0.6) is 11.5 Å². The Kier molecular flexibility index (Phi) is 6.42. The van der Waals surface area contributed by atoms with Crippen LogP contribution in [0.2, 0.25) is 0 Å². The summed E-state index contributed by atoms with van der Waals surface area (Å²) >= 11 is 0. The van der Waals surface area contributed by atoms with Crippen molar-refractivity contribution >= 4 is 28.8 Å². The summed E-state index contributed by atoms with van der Waals surface area (Å²) in [6.45, 7) is 0.172. The molecule has 0 spiro atoms. The first kappa shape index (κ1) is 19.9. The topological polar surface area (TPSA) is 100 Å². The highest BCUT2D eigenvalue weighted by Gasteiger charge is 2.07. The minimum Gasteiger partial charge on any atom is -0.507 e. The van der Waals surface area contributed by atoms with Crippen molar-refractivity contribution in [1.29, 1.82) is 0 Å². The molecule has 0 fully saturated rings. The van der Waals surface area contributed by atoms with Crippen molar-refractivity contribution in [2.24, 2.45) is 5.10 Å². The molecule has 3 rings (SSSR count). The van der Waals surface area contributed by atoms with Gasteiger partial charge >= 0.3 is 0 Å². The lowest BCUT2D eigenvalue weighted by Gasteiger charge is -2.06. The molecule has 3 aromatic rings. The molecular weight excluding hydrogens is 370 g/mol. The third-order valence-corrected chi connectivity index (χ3v) is 4.32. The van der Waals surface area contributed by atoms with Crippen LogP contribution in [-0.2, 0) is 4.79 Å². The summed E-state index contributed by atoms with van der Waals surface area (Å²) in [5.41, 5.74) is 3.41. The van der Waals surface area contributed by atoms with E-state index in [1.165, 1.54) is 6.21 Å². The number of methoxy groups -OCH3 is 1. The fourth-order valence-corrected chi connectivity index (χ4v) is 2.78. The third kappa shape index (κ3) is 5.10. The molecule has 7 heteroatoms. The fraction of sp³-hybridized carbons (Fsp3) is 0.136. The van der Waals surface area contributed by atoms with E-state index in [2.05, 4.69) is 15.8 Å². The summed E-state index contributed by atoms with van der Waals surface area (Å²) in [7, 11) is 1.55. The average Bonchev–Trinajstić information content (AvgIpc) is 2.75. The molecule has 3 aromatic carbocycles. The molecule has 0 unspecified atom stereocenters. The molecule has 0 saturated heterocycles. The van der Waals surface area contributed by atoms with Gasteiger partial charge in [0.15, 0.2) is 0 Å². The number of nitrogens with one attached hydrogen (secondary N) is 2. The van der Waals surface area contributed by atoms with E-state index in [1.54, 1.807) is 37.4 Å². The molecule has 0 bridgehead atoms. The summed E-state index contributed by atoms with van der Waals surface area (Å²) in [6.07, 6.45) is 1.48. The zero-order valence-corrected chi connectivity index (χ0v) is 15.9. The van der Waals surface area contributed by atoms with Crippen molar-refractivity contribution in [1.82, 2.24) is 10.7 Å². The summed E-state index contributed by atoms with van der Waals surface area (Å²) in [5, 5.41) is 18.4. The number of carbonyl (C=O) groups excluding carboxylic acids is 2. The van der Waals surface area contributed by atoms with Gasteiger partial charge in [0.2, 0.25) is 5.91 Å². The van der Waals surface area contributed by atoms with E-state index in [9.17, 15) is 14.7 Å². The first-order chi connectivity index (χ1) is 14.1. The minimum absolute atomic E-state index is 0.0702. The van der Waals surface area contributed by atoms with Gasteiger partial charge in [0.05, 0.1) is 13.3 Å². The lowest BCUT2D eigenvalue weighted by Crippen LogP contribution is -2.29. The molecule has 0 saturated carbocycles. The summed E-state index contributed by atoms with van der Waals surface area (Å²) < 4.78 is 5.05. The number of amides is 2. The largest absolute Gasteiger partial charge is 0.507 e. The summed E-state index contributed by atoms with van der Waals surface area (Å²) in [4.78, 5) is 24.0. The molecule has 7 nitrogen and oxygen atoms in total. The quantitative estimate of drug-likeness (QED) is 0.426. The van der Waals surface area contributed by atoms with Crippen LogP contribution in [0, 0.1) is 0 Å². The molecule has 0 aliphatic heterocycles. The van der Waals surface area contributed by atoms with Gasteiger partial charge in [0.1, 0.15) is 11.5 Å². The molecule has 2 amide bonds. The van der Waals surface area contributed by atoms with E-state index >= 15 is 0 Å². The standard InChI is InChI=1S/C22H21N3O4/c1-29-17-9-6-16(7-10-17)22(28)23-13-12-21(27)25-24-14-19-18-5-3-2-4-15(18)8-11-20(19)26/h2-11,14,26H,12-13H2,1H3,(H,23,28)(H,25,27)/b24-14+. The maximum absolute atomic E-state index is 12.0. The molecule has 148 valence electrons. The van der Waals surface area contributed by atoms with Crippen molar-refractivity contribution in [3.05, 3.63) is 71.8 Å². The maximum Gasteiger partial charge on any atom is 0.251 e. The molecule has 0 aromatic heterocycles. The Morgan fingerprint density at radius 1 is 1.07 bits per heavy atom. The number of aromatic hydroxyl groups is 1. The van der Waals surface area contributed by atoms with Gasteiger partial charge in [-0.1, -0.05) is 30.3 Å². The van der Waals surface area contributed by atoms with Crippen LogP contribution in [0.25, 0.3) is 10.8 Å². The number of fused-ring (bicyclic) bond motifs is 1. The van der Waals surface area contributed by atoms with E-state index in [1.807, 2.05) is 30.3 Å². The van der Waals surface area contributed by atoms with Crippen LogP contribution >= 0.6 is 0 Å². The van der Waals surface area contributed by atoms with Gasteiger partial charge in [-0.2, -0.15) is 5.10 Å². The number of ether oxygens (including phenoxy) is 1. The average molecular weight is 391 g/mol. The number of carbonyl (C=O) groups is 2. The van der Waals surface area contributed by atoms with Crippen molar-refractivity contribution in [3.8, 4) is 11.5 Å². The van der Waals surface area contributed by atoms with E-state index < -0.39 is 0 Å². The first-order valence-electron chi connectivity index (χ1n) is 9.03. The second-order valence-electron chi connectivity index (χ2n) is 6.25. The normalized spacial score (nSPS) is 10.8. The van der Waals surface area contributed by atoms with Crippen LogP contribution in [0.3, 0.4) is 0 Å². The van der Waals surface area contributed by atoms with Crippen LogP contribution in [-0.4, -0.2) is 36.8 Å². The van der Waals surface area contributed by atoms with Crippen molar-refractivity contribution in [3.63, 3.8) is 0 Å². The van der Waals surface area contributed by atoms with Gasteiger partial charge in [0, 0.05) is 24.1 Å². The molecule has 0 atom stereocenters. The number of benzene rings is 3. The SMILES string of the molecule is COc1ccc(C(=O)NCCC(=O)N/N=C/c2c(O)ccc3ccccc23)cc1. The van der Waals surface area contributed by atoms with Gasteiger partial charge in [-0.15, -0.1) is 0 Å². The number of nitrogens with zero attached hydrogens (tertiary/aromatic N) is 1. The summed E-state index contributed by atoms with van der Waals surface area (Å²) in [5.74, 6) is 0.116. The number of hydrogen-bond acceptors (Lipinski definition) is 5. The second-order valence-corrected chi connectivity index (χ2v) is 6.25. The highest BCUT2D eigenvalue weighted by atomic mass is 16.5. The molecule has 0 radical (unpaired) electrons. The Bertz CT molecular complexity index is 1050. The fourth-order valence-electron chi connectivity index (χ4n) is 2.78. The van der Waals surface area contributed by atoms with Crippen molar-refractivity contribution in [2.75, 3.05) is 13.7 Å². The number of rotatable bonds is 7. The van der Waals surface area contributed by atoms with E-state index in [0.717, 1.165) is 10.8 Å². The Hall–Kier alpha value is -3.87. The number of phenols is 1. The highest BCUT2D eigenvalue weighted by molar-refractivity contribution is 6.02. The molecule has 3 N–H and O–H groups in total. The minimum atomic E-state index is -0.351. The second kappa shape index (κ2) is 9.36. The lowest BCUT2D eigenvalue weighted by atomic mass is 10.0. The number of phenolic OH excluding ortho intramolecular Hbond substituents is 1. The predicted molar refractivity (Wildman–Crippen MR) is 111 cm³/mol.